The van der Waals surface area contributed by atoms with Gasteiger partial charge in [-0.2, -0.15) is 0 Å². The number of hydrogen-bond donors (Lipinski definition) is 1. The minimum absolute atomic E-state index is 0.805. The molecule has 0 aromatic heterocycles. The SMILES string of the molecule is Cc1ccc(N2CCC(N3CCNCC3)CC2)c(C)c1. The molecule has 3 nitrogen and oxygen atoms in total. The molecule has 1 aromatic rings. The van der Waals surface area contributed by atoms with Crippen LogP contribution in [0.1, 0.15) is 24.0 Å². The first-order chi connectivity index (χ1) is 9.74. The lowest BCUT2D eigenvalue weighted by Crippen LogP contribution is -2.52. The number of piperazine rings is 1. The van der Waals surface area contributed by atoms with Crippen molar-refractivity contribution in [3.05, 3.63) is 29.3 Å². The maximum Gasteiger partial charge on any atom is 0.0396 e. The van der Waals surface area contributed by atoms with Crippen molar-refractivity contribution in [2.45, 2.75) is 32.7 Å². The molecule has 0 atom stereocenters. The average molecular weight is 273 g/mol. The van der Waals surface area contributed by atoms with Gasteiger partial charge in [0.25, 0.3) is 0 Å². The predicted octanol–water partition coefficient (Wildman–Crippen LogP) is 2.18. The van der Waals surface area contributed by atoms with Crippen molar-refractivity contribution >= 4 is 5.69 Å². The quantitative estimate of drug-likeness (QED) is 0.891. The van der Waals surface area contributed by atoms with Gasteiger partial charge >= 0.3 is 0 Å². The molecule has 2 aliphatic heterocycles. The van der Waals surface area contributed by atoms with Crippen LogP contribution < -0.4 is 10.2 Å². The van der Waals surface area contributed by atoms with E-state index in [1.807, 2.05) is 0 Å². The van der Waals surface area contributed by atoms with Gasteiger partial charge in [-0.15, -0.1) is 0 Å². The van der Waals surface area contributed by atoms with E-state index in [-0.39, 0.29) is 0 Å². The Bertz CT molecular complexity index is 444. The molecule has 0 spiro atoms. The van der Waals surface area contributed by atoms with Crippen LogP contribution in [0, 0.1) is 13.8 Å². The van der Waals surface area contributed by atoms with Gasteiger partial charge in [0.2, 0.25) is 0 Å². The molecule has 3 heteroatoms. The summed E-state index contributed by atoms with van der Waals surface area (Å²) in [5.41, 5.74) is 4.22. The second-order valence-electron chi connectivity index (χ2n) is 6.29. The third kappa shape index (κ3) is 2.99. The summed E-state index contributed by atoms with van der Waals surface area (Å²) >= 11 is 0. The van der Waals surface area contributed by atoms with Crippen LogP contribution in [0.5, 0.6) is 0 Å². The maximum atomic E-state index is 3.45. The highest BCUT2D eigenvalue weighted by Gasteiger charge is 2.25. The normalized spacial score (nSPS) is 22.2. The van der Waals surface area contributed by atoms with E-state index in [2.05, 4.69) is 47.2 Å². The van der Waals surface area contributed by atoms with E-state index in [4.69, 9.17) is 0 Å². The summed E-state index contributed by atoms with van der Waals surface area (Å²) in [5, 5.41) is 3.45. The summed E-state index contributed by atoms with van der Waals surface area (Å²) in [6, 6.07) is 7.65. The van der Waals surface area contributed by atoms with Gasteiger partial charge in [0, 0.05) is 51.0 Å². The summed E-state index contributed by atoms with van der Waals surface area (Å²) in [6.07, 6.45) is 2.63. The molecule has 2 saturated heterocycles. The molecule has 0 bridgehead atoms. The number of nitrogens with one attached hydrogen (secondary N) is 1. The fourth-order valence-corrected chi connectivity index (χ4v) is 3.68. The molecule has 1 aromatic carbocycles. The Morgan fingerprint density at radius 2 is 1.70 bits per heavy atom. The van der Waals surface area contributed by atoms with Gasteiger partial charge in [-0.3, -0.25) is 4.90 Å². The summed E-state index contributed by atoms with van der Waals surface area (Å²) in [6.45, 7) is 11.6. The highest BCUT2D eigenvalue weighted by molar-refractivity contribution is 5.54. The monoisotopic (exact) mass is 273 g/mol. The Morgan fingerprint density at radius 3 is 2.35 bits per heavy atom. The van der Waals surface area contributed by atoms with Crippen molar-refractivity contribution in [2.75, 3.05) is 44.2 Å². The van der Waals surface area contributed by atoms with Crippen LogP contribution in [-0.4, -0.2) is 50.2 Å². The number of nitrogens with zero attached hydrogens (tertiary/aromatic N) is 2. The molecule has 3 rings (SSSR count). The van der Waals surface area contributed by atoms with Crippen molar-refractivity contribution in [2.24, 2.45) is 0 Å². The number of aryl methyl sites for hydroxylation is 2. The fraction of sp³-hybridized carbons (Fsp3) is 0.647. The van der Waals surface area contributed by atoms with Crippen LogP contribution in [0.25, 0.3) is 0 Å². The Labute approximate surface area is 123 Å². The molecular weight excluding hydrogens is 246 g/mol. The first-order valence-corrected chi connectivity index (χ1v) is 8.01. The molecule has 0 saturated carbocycles. The number of benzene rings is 1. The number of anilines is 1. The van der Waals surface area contributed by atoms with E-state index < -0.39 is 0 Å². The summed E-state index contributed by atoms with van der Waals surface area (Å²) in [4.78, 5) is 5.27. The maximum absolute atomic E-state index is 3.45. The standard InChI is InChI=1S/C17H27N3/c1-14-3-4-17(15(2)13-14)20-9-5-16(6-10-20)19-11-7-18-8-12-19/h3-4,13,16,18H,5-12H2,1-2H3. The number of hydrogen-bond acceptors (Lipinski definition) is 3. The van der Waals surface area contributed by atoms with Gasteiger partial charge in [0.05, 0.1) is 0 Å². The van der Waals surface area contributed by atoms with Crippen molar-refractivity contribution in [1.29, 1.82) is 0 Å². The zero-order valence-corrected chi connectivity index (χ0v) is 12.9. The molecular formula is C17H27N3. The molecule has 2 aliphatic rings. The molecule has 0 radical (unpaired) electrons. The third-order valence-electron chi connectivity index (χ3n) is 4.83. The Hall–Kier alpha value is -1.06. The van der Waals surface area contributed by atoms with Crippen LogP contribution >= 0.6 is 0 Å². The highest BCUT2D eigenvalue weighted by atomic mass is 15.2. The zero-order valence-electron chi connectivity index (χ0n) is 12.9. The van der Waals surface area contributed by atoms with E-state index in [0.29, 0.717) is 0 Å². The van der Waals surface area contributed by atoms with Crippen LogP contribution in [0.4, 0.5) is 5.69 Å². The fourth-order valence-electron chi connectivity index (χ4n) is 3.68. The molecule has 1 N–H and O–H groups in total. The molecule has 0 aliphatic carbocycles. The van der Waals surface area contributed by atoms with Crippen molar-refractivity contribution in [1.82, 2.24) is 10.2 Å². The van der Waals surface area contributed by atoms with Gasteiger partial charge in [0.1, 0.15) is 0 Å². The first kappa shape index (κ1) is 13.9. The third-order valence-corrected chi connectivity index (χ3v) is 4.83. The summed E-state index contributed by atoms with van der Waals surface area (Å²) in [7, 11) is 0. The molecule has 110 valence electrons. The van der Waals surface area contributed by atoms with Gasteiger partial charge in [-0.1, -0.05) is 17.7 Å². The highest BCUT2D eigenvalue weighted by Crippen LogP contribution is 2.26. The molecule has 0 amide bonds. The Balaban J connectivity index is 1.60. The smallest absolute Gasteiger partial charge is 0.0396 e. The Kier molecular flexibility index (Phi) is 4.27. The minimum Gasteiger partial charge on any atom is -0.371 e. The van der Waals surface area contributed by atoms with Crippen molar-refractivity contribution in [3.8, 4) is 0 Å². The van der Waals surface area contributed by atoms with Crippen LogP contribution in [0.2, 0.25) is 0 Å². The lowest BCUT2D eigenvalue weighted by Gasteiger charge is -2.41. The second kappa shape index (κ2) is 6.15. The van der Waals surface area contributed by atoms with Crippen molar-refractivity contribution in [3.63, 3.8) is 0 Å². The second-order valence-corrected chi connectivity index (χ2v) is 6.29. The zero-order chi connectivity index (χ0) is 13.9. The van der Waals surface area contributed by atoms with Crippen LogP contribution in [0.3, 0.4) is 0 Å². The predicted molar refractivity (Wildman–Crippen MR) is 85.6 cm³/mol. The largest absolute Gasteiger partial charge is 0.371 e. The number of rotatable bonds is 2. The topological polar surface area (TPSA) is 18.5 Å². The minimum atomic E-state index is 0.805. The first-order valence-electron chi connectivity index (χ1n) is 8.01. The average Bonchev–Trinajstić information content (AvgIpc) is 2.48. The van der Waals surface area contributed by atoms with Gasteiger partial charge in [-0.25, -0.2) is 0 Å². The molecule has 20 heavy (non-hydrogen) atoms. The molecule has 2 heterocycles. The van der Waals surface area contributed by atoms with Gasteiger partial charge in [-0.05, 0) is 38.3 Å². The summed E-state index contributed by atoms with van der Waals surface area (Å²) < 4.78 is 0. The van der Waals surface area contributed by atoms with E-state index in [1.54, 1.807) is 0 Å². The van der Waals surface area contributed by atoms with Crippen LogP contribution in [0.15, 0.2) is 18.2 Å². The van der Waals surface area contributed by atoms with Crippen molar-refractivity contribution < 1.29 is 0 Å². The van der Waals surface area contributed by atoms with E-state index >= 15 is 0 Å². The van der Waals surface area contributed by atoms with Crippen LogP contribution in [-0.2, 0) is 0 Å². The lowest BCUT2D eigenvalue weighted by molar-refractivity contribution is 0.150. The van der Waals surface area contributed by atoms with E-state index in [9.17, 15) is 0 Å². The summed E-state index contributed by atoms with van der Waals surface area (Å²) in [5.74, 6) is 0. The van der Waals surface area contributed by atoms with E-state index in [0.717, 1.165) is 19.1 Å². The number of piperidine rings is 1. The molecule has 2 fully saturated rings. The Morgan fingerprint density at radius 1 is 1.00 bits per heavy atom. The lowest BCUT2D eigenvalue weighted by atomic mass is 10.0. The van der Waals surface area contributed by atoms with E-state index in [1.165, 1.54) is 55.8 Å². The van der Waals surface area contributed by atoms with Gasteiger partial charge < -0.3 is 10.2 Å². The van der Waals surface area contributed by atoms with Gasteiger partial charge in [0.15, 0.2) is 0 Å². The molecule has 0 unspecified atom stereocenters.